The van der Waals surface area contributed by atoms with Gasteiger partial charge in [0.2, 0.25) is 0 Å². The number of ether oxygens (including phenoxy) is 1. The van der Waals surface area contributed by atoms with E-state index < -0.39 is 5.97 Å². The van der Waals surface area contributed by atoms with Gasteiger partial charge in [-0.2, -0.15) is 0 Å². The molecule has 1 aromatic carbocycles. The zero-order chi connectivity index (χ0) is 13.0. The summed E-state index contributed by atoms with van der Waals surface area (Å²) in [5, 5.41) is 0. The first-order valence-corrected chi connectivity index (χ1v) is 5.57. The van der Waals surface area contributed by atoms with Crippen LogP contribution < -0.4 is 4.74 Å². The lowest BCUT2D eigenvalue weighted by molar-refractivity contribution is -0.128. The molecule has 0 saturated carbocycles. The summed E-state index contributed by atoms with van der Waals surface area (Å²) in [6, 6.07) is 11.3. The fourth-order valence-corrected chi connectivity index (χ4v) is 1.60. The van der Waals surface area contributed by atoms with E-state index in [0.29, 0.717) is 5.75 Å². The van der Waals surface area contributed by atoms with E-state index in [9.17, 15) is 4.79 Å². The van der Waals surface area contributed by atoms with Crippen LogP contribution in [0.1, 0.15) is 5.56 Å². The van der Waals surface area contributed by atoms with Crippen LogP contribution in [0.4, 0.5) is 0 Å². The highest BCUT2D eigenvalue weighted by atomic mass is 16.5. The van der Waals surface area contributed by atoms with Crippen molar-refractivity contribution in [1.82, 2.24) is 4.98 Å². The van der Waals surface area contributed by atoms with Gasteiger partial charge in [-0.15, -0.1) is 0 Å². The monoisotopic (exact) mass is 239 g/mol. The average Bonchev–Trinajstić information content (AvgIpc) is 2.40. The molecule has 90 valence electrons. The van der Waals surface area contributed by atoms with Gasteiger partial charge in [0.15, 0.2) is 0 Å². The molecule has 0 atom stereocenters. The lowest BCUT2D eigenvalue weighted by Gasteiger charge is -2.09. The Bertz CT molecular complexity index is 576. The Labute approximate surface area is 106 Å². The maximum atomic E-state index is 11.3. The highest BCUT2D eigenvalue weighted by Gasteiger charge is 2.10. The van der Waals surface area contributed by atoms with E-state index in [1.165, 1.54) is 0 Å². The fraction of sp³-hybridized carbons (Fsp3) is 0.0667. The van der Waals surface area contributed by atoms with Gasteiger partial charge in [-0.3, -0.25) is 4.98 Å². The van der Waals surface area contributed by atoms with Crippen molar-refractivity contribution in [2.45, 2.75) is 6.92 Å². The second kappa shape index (κ2) is 5.27. The number of hydrogen-bond acceptors (Lipinski definition) is 3. The first-order chi connectivity index (χ1) is 8.70. The van der Waals surface area contributed by atoms with Crippen LogP contribution in [0.15, 0.2) is 55.3 Å². The summed E-state index contributed by atoms with van der Waals surface area (Å²) in [7, 11) is 0. The Balaban J connectivity index is 2.47. The van der Waals surface area contributed by atoms with Crippen LogP contribution in [-0.4, -0.2) is 11.0 Å². The van der Waals surface area contributed by atoms with Gasteiger partial charge in [0.25, 0.3) is 0 Å². The number of esters is 1. The van der Waals surface area contributed by atoms with Gasteiger partial charge < -0.3 is 4.74 Å². The number of hydrogen-bond donors (Lipinski definition) is 0. The van der Waals surface area contributed by atoms with E-state index in [2.05, 4.69) is 11.6 Å². The minimum absolute atomic E-state index is 0.474. The second-order valence-corrected chi connectivity index (χ2v) is 3.84. The number of carbonyl (C=O) groups is 1. The molecular formula is C15H13NO2. The topological polar surface area (TPSA) is 39.2 Å². The average molecular weight is 239 g/mol. The van der Waals surface area contributed by atoms with Crippen molar-refractivity contribution in [2.24, 2.45) is 0 Å². The number of carbonyl (C=O) groups excluding carboxylic acids is 1. The molecule has 1 aromatic heterocycles. The molecule has 0 aliphatic heterocycles. The quantitative estimate of drug-likeness (QED) is 0.469. The van der Waals surface area contributed by atoms with Crippen molar-refractivity contribution >= 4 is 5.97 Å². The molecule has 2 aromatic rings. The summed E-state index contributed by atoms with van der Waals surface area (Å²) in [5.41, 5.74) is 2.57. The zero-order valence-corrected chi connectivity index (χ0v) is 10.1. The number of rotatable bonds is 3. The third-order valence-corrected chi connectivity index (χ3v) is 2.46. The van der Waals surface area contributed by atoms with Gasteiger partial charge in [0.05, 0.1) is 5.69 Å². The smallest absolute Gasteiger partial charge is 0.335 e. The van der Waals surface area contributed by atoms with Gasteiger partial charge in [-0.1, -0.05) is 18.7 Å². The molecule has 0 saturated heterocycles. The molecule has 0 aliphatic rings. The number of benzene rings is 1. The van der Waals surface area contributed by atoms with Crippen molar-refractivity contribution in [3.05, 3.63) is 60.8 Å². The van der Waals surface area contributed by atoms with E-state index in [1.807, 2.05) is 43.3 Å². The van der Waals surface area contributed by atoms with E-state index in [1.54, 1.807) is 6.20 Å². The molecule has 2 rings (SSSR count). The van der Waals surface area contributed by atoms with E-state index >= 15 is 0 Å². The standard InChI is InChI=1S/C15H13NO2/c1-3-15(17)18-14-10-11(2)7-8-12(14)13-6-4-5-9-16-13/h3-10H,1H2,2H3. The second-order valence-electron chi connectivity index (χ2n) is 3.84. The maximum absolute atomic E-state index is 11.3. The summed E-state index contributed by atoms with van der Waals surface area (Å²) in [6.45, 7) is 5.33. The highest BCUT2D eigenvalue weighted by Crippen LogP contribution is 2.29. The summed E-state index contributed by atoms with van der Waals surface area (Å²) in [4.78, 5) is 15.6. The van der Waals surface area contributed by atoms with E-state index in [-0.39, 0.29) is 0 Å². The molecule has 0 unspecified atom stereocenters. The van der Waals surface area contributed by atoms with Crippen molar-refractivity contribution in [2.75, 3.05) is 0 Å². The summed E-state index contributed by atoms with van der Waals surface area (Å²) in [6.07, 6.45) is 2.85. The molecule has 0 N–H and O–H groups in total. The number of nitrogens with zero attached hydrogens (tertiary/aromatic N) is 1. The number of aromatic nitrogens is 1. The summed E-state index contributed by atoms with van der Waals surface area (Å²) < 4.78 is 5.23. The molecule has 0 fully saturated rings. The van der Waals surface area contributed by atoms with Crippen LogP contribution in [0.5, 0.6) is 5.75 Å². The first kappa shape index (κ1) is 12.0. The minimum Gasteiger partial charge on any atom is -0.423 e. The molecule has 0 bridgehead atoms. The van der Waals surface area contributed by atoms with Crippen LogP contribution in [0.25, 0.3) is 11.3 Å². The molecular weight excluding hydrogens is 226 g/mol. The number of aryl methyl sites for hydroxylation is 1. The van der Waals surface area contributed by atoms with Crippen molar-refractivity contribution in [1.29, 1.82) is 0 Å². The third-order valence-electron chi connectivity index (χ3n) is 2.46. The van der Waals surface area contributed by atoms with Crippen LogP contribution in [0, 0.1) is 6.92 Å². The zero-order valence-electron chi connectivity index (χ0n) is 10.1. The molecule has 0 aliphatic carbocycles. The van der Waals surface area contributed by atoms with Crippen LogP contribution in [0.2, 0.25) is 0 Å². The lowest BCUT2D eigenvalue weighted by atomic mass is 10.1. The largest absolute Gasteiger partial charge is 0.423 e. The number of pyridine rings is 1. The van der Waals surface area contributed by atoms with E-state index in [0.717, 1.165) is 22.9 Å². The SMILES string of the molecule is C=CC(=O)Oc1cc(C)ccc1-c1ccccn1. The molecule has 0 radical (unpaired) electrons. The highest BCUT2D eigenvalue weighted by molar-refractivity contribution is 5.85. The Hall–Kier alpha value is -2.42. The van der Waals surface area contributed by atoms with Gasteiger partial charge in [-0.05, 0) is 36.8 Å². The van der Waals surface area contributed by atoms with Gasteiger partial charge in [-0.25, -0.2) is 4.79 Å². The molecule has 1 heterocycles. The first-order valence-electron chi connectivity index (χ1n) is 5.57. The molecule has 3 nitrogen and oxygen atoms in total. The molecule has 18 heavy (non-hydrogen) atoms. The maximum Gasteiger partial charge on any atom is 0.335 e. The Kier molecular flexibility index (Phi) is 3.53. The summed E-state index contributed by atoms with van der Waals surface area (Å²) >= 11 is 0. The predicted octanol–water partition coefficient (Wildman–Crippen LogP) is 3.15. The van der Waals surface area contributed by atoms with Crippen LogP contribution in [0.3, 0.4) is 0 Å². The Morgan fingerprint density at radius 2 is 2.17 bits per heavy atom. The fourth-order valence-electron chi connectivity index (χ4n) is 1.60. The lowest BCUT2D eigenvalue weighted by Crippen LogP contribution is -2.04. The van der Waals surface area contributed by atoms with Crippen molar-refractivity contribution < 1.29 is 9.53 Å². The normalized spacial score (nSPS) is 9.83. The predicted molar refractivity (Wildman–Crippen MR) is 70.2 cm³/mol. The van der Waals surface area contributed by atoms with Crippen LogP contribution in [-0.2, 0) is 4.79 Å². The van der Waals surface area contributed by atoms with Crippen LogP contribution >= 0.6 is 0 Å². The van der Waals surface area contributed by atoms with Crippen molar-refractivity contribution in [3.63, 3.8) is 0 Å². The molecule has 3 heteroatoms. The van der Waals surface area contributed by atoms with Crippen molar-refractivity contribution in [3.8, 4) is 17.0 Å². The molecule has 0 spiro atoms. The van der Waals surface area contributed by atoms with Gasteiger partial charge in [0, 0.05) is 17.8 Å². The third kappa shape index (κ3) is 2.63. The summed E-state index contributed by atoms with van der Waals surface area (Å²) in [5.74, 6) is 0.0244. The van der Waals surface area contributed by atoms with E-state index in [4.69, 9.17) is 4.74 Å². The van der Waals surface area contributed by atoms with Gasteiger partial charge >= 0.3 is 5.97 Å². The minimum atomic E-state index is -0.474. The van der Waals surface area contributed by atoms with Gasteiger partial charge in [0.1, 0.15) is 5.75 Å². The Morgan fingerprint density at radius 1 is 1.33 bits per heavy atom. The molecule has 0 amide bonds. The Morgan fingerprint density at radius 3 is 2.83 bits per heavy atom.